The first-order valence-electron chi connectivity index (χ1n) is 8.44. The van der Waals surface area contributed by atoms with Crippen molar-refractivity contribution in [1.29, 1.82) is 0 Å². The van der Waals surface area contributed by atoms with E-state index in [9.17, 15) is 0 Å². The van der Waals surface area contributed by atoms with Crippen molar-refractivity contribution in [3.63, 3.8) is 0 Å². The molecule has 0 unspecified atom stereocenters. The molecular weight excluding hydrogens is 390 g/mol. The van der Waals surface area contributed by atoms with Crippen LogP contribution < -0.4 is 0 Å². The molecule has 4 nitrogen and oxygen atoms in total. The molecule has 0 N–H and O–H groups in total. The molecule has 0 amide bonds. The average Bonchev–Trinajstić information content (AvgIpc) is 2.44. The number of hydrogen-bond donors (Lipinski definition) is 0. The SMILES string of the molecule is CN1CCC[N-]CCCN(C)CCCN(C)CCC1.[Cl][Ti+]([Cl])[Cl]. The molecule has 0 spiro atoms. The second-order valence-corrected chi connectivity index (χ2v) is 13.9. The predicted octanol–water partition coefficient (Wildman–Crippen LogP) is 3.80. The van der Waals surface area contributed by atoms with Gasteiger partial charge in [0, 0.05) is 0 Å². The van der Waals surface area contributed by atoms with Gasteiger partial charge in [-0.05, 0) is 73.3 Å². The Balaban J connectivity index is 0.00000108. The standard InChI is InChI=1S/C15H33N4.3ClH.Ti/c1-17-10-4-8-16-9-5-11-18(2)13-7-15-19(3)14-6-12-17;;;;/h4-15H2,1-3H3;3*1H;/q-1;;;;+4/p-3. The zero-order valence-corrected chi connectivity index (χ0v) is 18.7. The van der Waals surface area contributed by atoms with Crippen LogP contribution in [0.4, 0.5) is 0 Å². The normalized spacial score (nSPS) is 22.2. The van der Waals surface area contributed by atoms with Crippen molar-refractivity contribution in [2.45, 2.75) is 25.7 Å². The molecule has 0 bridgehead atoms. The molecule has 0 aliphatic carbocycles. The van der Waals surface area contributed by atoms with Gasteiger partial charge in [0.2, 0.25) is 0 Å². The summed E-state index contributed by atoms with van der Waals surface area (Å²) in [4.78, 5) is 7.37. The predicted molar refractivity (Wildman–Crippen MR) is 102 cm³/mol. The Morgan fingerprint density at radius 2 is 0.870 bits per heavy atom. The zero-order chi connectivity index (χ0) is 17.5. The van der Waals surface area contributed by atoms with E-state index in [0.29, 0.717) is 0 Å². The van der Waals surface area contributed by atoms with Crippen LogP contribution >= 0.6 is 27.9 Å². The van der Waals surface area contributed by atoms with Crippen LogP contribution in [0, 0.1) is 0 Å². The van der Waals surface area contributed by atoms with Gasteiger partial charge >= 0.3 is 42.6 Å². The van der Waals surface area contributed by atoms with Gasteiger partial charge in [0.15, 0.2) is 0 Å². The number of hydrogen-bond acceptors (Lipinski definition) is 3. The van der Waals surface area contributed by atoms with E-state index in [4.69, 9.17) is 27.9 Å². The van der Waals surface area contributed by atoms with Crippen LogP contribution in [0.2, 0.25) is 0 Å². The first-order valence-corrected chi connectivity index (χ1v) is 14.9. The molecule has 1 aliphatic heterocycles. The van der Waals surface area contributed by atoms with Crippen LogP contribution in [0.15, 0.2) is 0 Å². The molecule has 1 heterocycles. The van der Waals surface area contributed by atoms with Gasteiger partial charge in [-0.15, -0.1) is 13.1 Å². The van der Waals surface area contributed by atoms with Crippen molar-refractivity contribution in [3.05, 3.63) is 5.32 Å². The fourth-order valence-corrected chi connectivity index (χ4v) is 2.57. The molecular formula is C15H33Cl3N4Ti. The molecule has 138 valence electrons. The fourth-order valence-electron chi connectivity index (χ4n) is 2.57. The second kappa shape index (κ2) is 16.9. The van der Waals surface area contributed by atoms with Gasteiger partial charge in [-0.1, -0.05) is 12.8 Å². The Labute approximate surface area is 161 Å². The van der Waals surface area contributed by atoms with Crippen molar-refractivity contribution in [3.8, 4) is 0 Å². The molecule has 0 atom stereocenters. The number of nitrogens with zero attached hydrogens (tertiary/aromatic N) is 4. The van der Waals surface area contributed by atoms with E-state index in [-0.39, 0.29) is 0 Å². The van der Waals surface area contributed by atoms with E-state index in [1.54, 1.807) is 0 Å². The first-order chi connectivity index (χ1) is 10.9. The zero-order valence-electron chi connectivity index (χ0n) is 14.9. The van der Waals surface area contributed by atoms with Crippen molar-refractivity contribution >= 4 is 27.9 Å². The maximum atomic E-state index is 4.97. The molecule has 1 aliphatic rings. The van der Waals surface area contributed by atoms with Crippen LogP contribution in [0.3, 0.4) is 0 Å². The molecule has 0 aromatic rings. The summed E-state index contributed by atoms with van der Waals surface area (Å²) in [6.45, 7) is 9.31. The number of halogens is 3. The minimum absolute atomic E-state index is 1.04. The molecule has 23 heavy (non-hydrogen) atoms. The average molecular weight is 424 g/mol. The molecule has 0 aromatic heterocycles. The monoisotopic (exact) mass is 422 g/mol. The van der Waals surface area contributed by atoms with Gasteiger partial charge in [0.25, 0.3) is 0 Å². The van der Waals surface area contributed by atoms with E-state index in [0.717, 1.165) is 13.1 Å². The number of rotatable bonds is 0. The topological polar surface area (TPSA) is 23.8 Å². The first kappa shape index (κ1) is 24.4. The van der Waals surface area contributed by atoms with Crippen LogP contribution in [-0.4, -0.2) is 88.2 Å². The van der Waals surface area contributed by atoms with E-state index < -0.39 is 14.7 Å². The van der Waals surface area contributed by atoms with Crippen molar-refractivity contribution in [2.75, 3.05) is 73.5 Å². The molecule has 0 aromatic carbocycles. The molecule has 0 saturated carbocycles. The van der Waals surface area contributed by atoms with E-state index in [1.165, 1.54) is 65.0 Å². The van der Waals surface area contributed by atoms with Crippen LogP contribution in [-0.2, 0) is 14.7 Å². The molecule has 1 fully saturated rings. The molecule has 0 radical (unpaired) electrons. The molecule has 1 saturated heterocycles. The second-order valence-electron chi connectivity index (χ2n) is 6.21. The Hall–Kier alpha value is 1.42. The van der Waals surface area contributed by atoms with Gasteiger partial charge in [-0.3, -0.25) is 0 Å². The third-order valence-corrected chi connectivity index (χ3v) is 3.87. The Kier molecular flexibility index (Phi) is 17.9. The Bertz CT molecular complexity index is 240. The summed E-state index contributed by atoms with van der Waals surface area (Å²) >= 11 is -1.92. The third-order valence-electron chi connectivity index (χ3n) is 3.87. The van der Waals surface area contributed by atoms with Crippen LogP contribution in [0.1, 0.15) is 25.7 Å². The summed E-state index contributed by atoms with van der Waals surface area (Å²) < 4.78 is 0. The Morgan fingerprint density at radius 3 is 1.17 bits per heavy atom. The molecule has 1 rings (SSSR count). The molecule has 8 heteroatoms. The van der Waals surface area contributed by atoms with Gasteiger partial charge in [-0.2, -0.15) is 0 Å². The van der Waals surface area contributed by atoms with E-state index in [2.05, 4.69) is 41.2 Å². The third kappa shape index (κ3) is 19.6. The summed E-state index contributed by atoms with van der Waals surface area (Å²) in [7, 11) is 21.6. The maximum absolute atomic E-state index is 4.97. The summed E-state index contributed by atoms with van der Waals surface area (Å²) in [5.74, 6) is 0. The van der Waals surface area contributed by atoms with Crippen LogP contribution in [0.5, 0.6) is 0 Å². The van der Waals surface area contributed by atoms with Gasteiger partial charge in [0.05, 0.1) is 0 Å². The Morgan fingerprint density at radius 1 is 0.609 bits per heavy atom. The van der Waals surface area contributed by atoms with Gasteiger partial charge in [-0.25, -0.2) is 0 Å². The van der Waals surface area contributed by atoms with Crippen molar-refractivity contribution in [1.82, 2.24) is 14.7 Å². The van der Waals surface area contributed by atoms with Crippen molar-refractivity contribution in [2.24, 2.45) is 0 Å². The van der Waals surface area contributed by atoms with Crippen molar-refractivity contribution < 1.29 is 14.7 Å². The van der Waals surface area contributed by atoms with E-state index >= 15 is 0 Å². The summed E-state index contributed by atoms with van der Waals surface area (Å²) in [6.07, 6.45) is 4.98. The van der Waals surface area contributed by atoms with E-state index in [1.807, 2.05) is 0 Å². The summed E-state index contributed by atoms with van der Waals surface area (Å²) in [5.41, 5.74) is 0. The van der Waals surface area contributed by atoms with Gasteiger partial charge in [0.1, 0.15) is 0 Å². The van der Waals surface area contributed by atoms with Gasteiger partial charge < -0.3 is 20.0 Å². The summed E-state index contributed by atoms with van der Waals surface area (Å²) in [5, 5.41) is 4.62. The fraction of sp³-hybridized carbons (Fsp3) is 1.00. The summed E-state index contributed by atoms with van der Waals surface area (Å²) in [6, 6.07) is 0. The quantitative estimate of drug-likeness (QED) is 0.554. The minimum atomic E-state index is -1.92. The van der Waals surface area contributed by atoms with Crippen LogP contribution in [0.25, 0.3) is 5.32 Å².